The van der Waals surface area contributed by atoms with Gasteiger partial charge in [0.1, 0.15) is 12.4 Å². The molecule has 1 aromatic heterocycles. The minimum absolute atomic E-state index is 0.179. The van der Waals surface area contributed by atoms with Crippen molar-refractivity contribution in [1.82, 2.24) is 9.78 Å². The standard InChI is InChI=1S/C17H20N2O3/c1-12-15(13(2)19(3)18-12)9-10-17(20)22-11-14-7-5-6-8-16(14)21-4/h5-10H,11H2,1-4H3/b10-9+. The van der Waals surface area contributed by atoms with Crippen LogP contribution in [0.2, 0.25) is 0 Å². The van der Waals surface area contributed by atoms with Gasteiger partial charge in [-0.3, -0.25) is 4.68 Å². The van der Waals surface area contributed by atoms with Gasteiger partial charge in [0.2, 0.25) is 0 Å². The Bertz CT molecular complexity index is 702. The molecule has 0 saturated carbocycles. The fourth-order valence-corrected chi connectivity index (χ4v) is 2.20. The van der Waals surface area contributed by atoms with Crippen molar-refractivity contribution in [3.63, 3.8) is 0 Å². The van der Waals surface area contributed by atoms with E-state index in [0.29, 0.717) is 5.75 Å². The van der Waals surface area contributed by atoms with Crippen molar-refractivity contribution in [3.8, 4) is 5.75 Å². The van der Waals surface area contributed by atoms with Gasteiger partial charge in [0.25, 0.3) is 0 Å². The van der Waals surface area contributed by atoms with Crippen molar-refractivity contribution in [2.75, 3.05) is 7.11 Å². The van der Waals surface area contributed by atoms with E-state index in [9.17, 15) is 4.79 Å². The molecule has 0 aliphatic rings. The lowest BCUT2D eigenvalue weighted by Gasteiger charge is -2.07. The number of hydrogen-bond acceptors (Lipinski definition) is 4. The fraction of sp³-hybridized carbons (Fsp3) is 0.294. The Morgan fingerprint density at radius 2 is 2.05 bits per heavy atom. The highest BCUT2D eigenvalue weighted by Crippen LogP contribution is 2.18. The van der Waals surface area contributed by atoms with Crippen LogP contribution in [0, 0.1) is 13.8 Å². The van der Waals surface area contributed by atoms with Crippen LogP contribution in [0.1, 0.15) is 22.5 Å². The maximum Gasteiger partial charge on any atom is 0.331 e. The van der Waals surface area contributed by atoms with Crippen LogP contribution in [-0.2, 0) is 23.2 Å². The first-order valence-corrected chi connectivity index (χ1v) is 7.00. The van der Waals surface area contributed by atoms with E-state index in [1.54, 1.807) is 17.9 Å². The van der Waals surface area contributed by atoms with Crippen molar-refractivity contribution in [2.24, 2.45) is 7.05 Å². The van der Waals surface area contributed by atoms with Gasteiger partial charge in [-0.15, -0.1) is 0 Å². The van der Waals surface area contributed by atoms with Gasteiger partial charge in [0.05, 0.1) is 12.8 Å². The maximum atomic E-state index is 11.8. The van der Waals surface area contributed by atoms with Crippen LogP contribution in [0.25, 0.3) is 6.08 Å². The lowest BCUT2D eigenvalue weighted by atomic mass is 10.2. The van der Waals surface area contributed by atoms with Gasteiger partial charge in [-0.25, -0.2) is 4.79 Å². The predicted molar refractivity (Wildman–Crippen MR) is 84.5 cm³/mol. The Labute approximate surface area is 130 Å². The van der Waals surface area contributed by atoms with Crippen molar-refractivity contribution in [2.45, 2.75) is 20.5 Å². The van der Waals surface area contributed by atoms with Crippen molar-refractivity contribution in [1.29, 1.82) is 0 Å². The summed E-state index contributed by atoms with van der Waals surface area (Å²) in [6.07, 6.45) is 3.16. The number of methoxy groups -OCH3 is 1. The van der Waals surface area contributed by atoms with Crippen LogP contribution < -0.4 is 4.74 Å². The third-order valence-corrected chi connectivity index (χ3v) is 3.51. The number of ether oxygens (including phenoxy) is 2. The third kappa shape index (κ3) is 3.55. The molecule has 0 unspecified atom stereocenters. The summed E-state index contributed by atoms with van der Waals surface area (Å²) in [4.78, 5) is 11.8. The van der Waals surface area contributed by atoms with E-state index in [0.717, 1.165) is 22.5 Å². The summed E-state index contributed by atoms with van der Waals surface area (Å²) in [7, 11) is 3.47. The third-order valence-electron chi connectivity index (χ3n) is 3.51. The number of carbonyl (C=O) groups is 1. The molecule has 22 heavy (non-hydrogen) atoms. The second kappa shape index (κ2) is 6.93. The molecule has 0 N–H and O–H groups in total. The molecule has 0 atom stereocenters. The van der Waals surface area contributed by atoms with Crippen LogP contribution >= 0.6 is 0 Å². The zero-order valence-corrected chi connectivity index (χ0v) is 13.3. The molecule has 5 heteroatoms. The van der Waals surface area contributed by atoms with E-state index in [1.807, 2.05) is 45.2 Å². The molecule has 0 spiro atoms. The first kappa shape index (κ1) is 15.8. The number of carbonyl (C=O) groups excluding carboxylic acids is 1. The van der Waals surface area contributed by atoms with Gasteiger partial charge in [0, 0.05) is 29.9 Å². The van der Waals surface area contributed by atoms with E-state index >= 15 is 0 Å². The van der Waals surface area contributed by atoms with Gasteiger partial charge in [-0.2, -0.15) is 5.10 Å². The molecule has 0 fully saturated rings. The topological polar surface area (TPSA) is 53.4 Å². The minimum atomic E-state index is -0.395. The normalized spacial score (nSPS) is 10.9. The summed E-state index contributed by atoms with van der Waals surface area (Å²) in [5.74, 6) is 0.312. The Morgan fingerprint density at radius 3 is 2.68 bits per heavy atom. The molecule has 2 rings (SSSR count). The van der Waals surface area contributed by atoms with Crippen LogP contribution in [0.4, 0.5) is 0 Å². The molecule has 0 aliphatic heterocycles. The fourth-order valence-electron chi connectivity index (χ4n) is 2.20. The molecule has 5 nitrogen and oxygen atoms in total. The number of hydrogen-bond donors (Lipinski definition) is 0. The van der Waals surface area contributed by atoms with E-state index in [2.05, 4.69) is 5.10 Å². The number of aryl methyl sites for hydroxylation is 2. The summed E-state index contributed by atoms with van der Waals surface area (Å²) in [5.41, 5.74) is 3.66. The summed E-state index contributed by atoms with van der Waals surface area (Å²) in [6, 6.07) is 7.45. The summed E-state index contributed by atoms with van der Waals surface area (Å²) < 4.78 is 12.3. The van der Waals surface area contributed by atoms with E-state index in [4.69, 9.17) is 9.47 Å². The summed E-state index contributed by atoms with van der Waals surface area (Å²) in [6.45, 7) is 4.05. The number of nitrogens with zero attached hydrogens (tertiary/aromatic N) is 2. The summed E-state index contributed by atoms with van der Waals surface area (Å²) in [5, 5.41) is 4.30. The molecule has 0 aliphatic carbocycles. The van der Waals surface area contributed by atoms with Crippen LogP contribution in [0.5, 0.6) is 5.75 Å². The Morgan fingerprint density at radius 1 is 1.32 bits per heavy atom. The van der Waals surface area contributed by atoms with Gasteiger partial charge < -0.3 is 9.47 Å². The van der Waals surface area contributed by atoms with Gasteiger partial charge >= 0.3 is 5.97 Å². The van der Waals surface area contributed by atoms with Crippen LogP contribution in [0.3, 0.4) is 0 Å². The minimum Gasteiger partial charge on any atom is -0.496 e. The van der Waals surface area contributed by atoms with Crippen molar-refractivity contribution in [3.05, 3.63) is 52.9 Å². The quantitative estimate of drug-likeness (QED) is 0.629. The lowest BCUT2D eigenvalue weighted by molar-refractivity contribution is -0.138. The molecule has 2 aromatic rings. The van der Waals surface area contributed by atoms with Crippen molar-refractivity contribution < 1.29 is 14.3 Å². The molecular weight excluding hydrogens is 280 g/mol. The highest BCUT2D eigenvalue weighted by Gasteiger charge is 2.08. The first-order chi connectivity index (χ1) is 10.5. The number of rotatable bonds is 5. The summed E-state index contributed by atoms with van der Waals surface area (Å²) >= 11 is 0. The lowest BCUT2D eigenvalue weighted by Crippen LogP contribution is -2.02. The van der Waals surface area contributed by atoms with E-state index in [1.165, 1.54) is 6.08 Å². The first-order valence-electron chi connectivity index (χ1n) is 7.00. The zero-order chi connectivity index (χ0) is 16.1. The van der Waals surface area contributed by atoms with Crippen LogP contribution in [-0.4, -0.2) is 22.9 Å². The predicted octanol–water partition coefficient (Wildman–Crippen LogP) is 2.80. The number of esters is 1. The zero-order valence-electron chi connectivity index (χ0n) is 13.3. The van der Waals surface area contributed by atoms with E-state index in [-0.39, 0.29) is 6.61 Å². The molecule has 0 saturated heterocycles. The van der Waals surface area contributed by atoms with Gasteiger partial charge in [0.15, 0.2) is 0 Å². The average Bonchev–Trinajstić information content (AvgIpc) is 2.76. The molecule has 116 valence electrons. The van der Waals surface area contributed by atoms with E-state index < -0.39 is 5.97 Å². The Hall–Kier alpha value is -2.56. The highest BCUT2D eigenvalue weighted by molar-refractivity contribution is 5.87. The van der Waals surface area contributed by atoms with Gasteiger partial charge in [-0.1, -0.05) is 18.2 Å². The van der Waals surface area contributed by atoms with Crippen molar-refractivity contribution >= 4 is 12.0 Å². The molecule has 0 radical (unpaired) electrons. The number of benzene rings is 1. The number of para-hydroxylation sites is 1. The van der Waals surface area contributed by atoms with Gasteiger partial charge in [-0.05, 0) is 26.0 Å². The maximum absolute atomic E-state index is 11.8. The molecule has 1 aromatic carbocycles. The molecule has 0 bridgehead atoms. The SMILES string of the molecule is COc1ccccc1COC(=O)/C=C/c1c(C)nn(C)c1C. The molecule has 1 heterocycles. The second-order valence-corrected chi connectivity index (χ2v) is 4.96. The molecule has 0 amide bonds. The highest BCUT2D eigenvalue weighted by atomic mass is 16.5. The monoisotopic (exact) mass is 300 g/mol. The largest absolute Gasteiger partial charge is 0.496 e. The molecular formula is C17H20N2O3. The Balaban J connectivity index is 2.00. The number of aromatic nitrogens is 2. The Kier molecular flexibility index (Phi) is 4.99. The van der Waals surface area contributed by atoms with Crippen LogP contribution in [0.15, 0.2) is 30.3 Å². The second-order valence-electron chi connectivity index (χ2n) is 4.96. The average molecular weight is 300 g/mol. The smallest absolute Gasteiger partial charge is 0.331 e.